The van der Waals surface area contributed by atoms with Gasteiger partial charge in [-0.05, 0) is 79.5 Å². The van der Waals surface area contributed by atoms with Crippen LogP contribution < -0.4 is 0 Å². The number of benzene rings is 8. The summed E-state index contributed by atoms with van der Waals surface area (Å²) in [6, 6.07) is 45.1. The molecule has 0 aliphatic carbocycles. The molecule has 0 aliphatic rings. The van der Waals surface area contributed by atoms with Gasteiger partial charge in [0.15, 0.2) is 5.78 Å². The maximum Gasteiger partial charge on any atom is 0.194 e. The van der Waals surface area contributed by atoms with Crippen LogP contribution in [0.5, 0.6) is 0 Å². The number of carbonyl (C=O) groups excluding carboxylic acids is 1. The van der Waals surface area contributed by atoms with E-state index in [9.17, 15) is 4.79 Å². The lowest BCUT2D eigenvalue weighted by molar-refractivity contribution is 0.104. The highest BCUT2D eigenvalue weighted by atomic mass is 16.3. The third-order valence-electron chi connectivity index (χ3n) is 9.25. The fourth-order valence-electron chi connectivity index (χ4n) is 7.38. The van der Waals surface area contributed by atoms with Crippen LogP contribution in [0.2, 0.25) is 0 Å². The smallest absolute Gasteiger partial charge is 0.194 e. The zero-order valence-electron chi connectivity index (χ0n) is 23.4. The van der Waals surface area contributed by atoms with Crippen LogP contribution in [0, 0.1) is 0 Å². The summed E-state index contributed by atoms with van der Waals surface area (Å²) in [6.07, 6.45) is 0. The minimum absolute atomic E-state index is 0.0302. The van der Waals surface area contributed by atoms with E-state index in [2.05, 4.69) is 60.7 Å². The Hall–Kier alpha value is -5.93. The zero-order chi connectivity index (χ0) is 28.9. The van der Waals surface area contributed by atoms with Gasteiger partial charge in [0.25, 0.3) is 0 Å². The molecule has 0 N–H and O–H groups in total. The summed E-state index contributed by atoms with van der Waals surface area (Å²) in [6.45, 7) is 0. The molecule has 2 aromatic heterocycles. The summed E-state index contributed by atoms with van der Waals surface area (Å²) in [7, 11) is 0. The molecule has 0 amide bonds. The number of hydrogen-bond donors (Lipinski definition) is 0. The van der Waals surface area contributed by atoms with Gasteiger partial charge < -0.3 is 8.83 Å². The molecule has 0 saturated heterocycles. The molecule has 44 heavy (non-hydrogen) atoms. The van der Waals surface area contributed by atoms with Gasteiger partial charge in [-0.1, -0.05) is 97.1 Å². The molecule has 204 valence electrons. The van der Waals surface area contributed by atoms with E-state index in [4.69, 9.17) is 8.83 Å². The van der Waals surface area contributed by atoms with E-state index in [-0.39, 0.29) is 5.78 Å². The first-order valence-electron chi connectivity index (χ1n) is 14.8. The van der Waals surface area contributed by atoms with E-state index in [0.29, 0.717) is 11.1 Å². The molecular weight excluding hydrogens is 540 g/mol. The first kappa shape index (κ1) is 23.6. The van der Waals surface area contributed by atoms with Crippen molar-refractivity contribution in [3.8, 4) is 0 Å². The van der Waals surface area contributed by atoms with Crippen molar-refractivity contribution in [3.05, 3.63) is 145 Å². The average molecular weight is 563 g/mol. The van der Waals surface area contributed by atoms with Crippen molar-refractivity contribution < 1.29 is 13.6 Å². The Bertz CT molecular complexity index is 2640. The minimum atomic E-state index is -0.0302. The van der Waals surface area contributed by atoms with Gasteiger partial charge in [-0.2, -0.15) is 0 Å². The SMILES string of the molecule is O=C(c1ccc2oc3cccc4cccc(c5cccc1c25)c43)c1ccc2oc3cccc4cccc(c5cccc1c25)c43. The maximum atomic E-state index is 14.6. The first-order chi connectivity index (χ1) is 21.7. The maximum absolute atomic E-state index is 14.6. The fraction of sp³-hybridized carbons (Fsp3) is 0. The van der Waals surface area contributed by atoms with Crippen molar-refractivity contribution >= 4 is 92.8 Å². The number of carbonyl (C=O) groups is 1. The number of hydrogen-bond acceptors (Lipinski definition) is 3. The van der Waals surface area contributed by atoms with E-state index in [0.717, 1.165) is 87.0 Å². The summed E-state index contributed by atoms with van der Waals surface area (Å²) >= 11 is 0. The van der Waals surface area contributed by atoms with Gasteiger partial charge in [-0.3, -0.25) is 4.79 Å². The molecule has 10 rings (SSSR count). The average Bonchev–Trinajstić information content (AvgIpc) is 3.30. The molecule has 0 saturated carbocycles. The molecule has 0 radical (unpaired) electrons. The van der Waals surface area contributed by atoms with Crippen LogP contribution >= 0.6 is 0 Å². The van der Waals surface area contributed by atoms with Gasteiger partial charge in [0.2, 0.25) is 0 Å². The van der Waals surface area contributed by atoms with E-state index < -0.39 is 0 Å². The van der Waals surface area contributed by atoms with Gasteiger partial charge in [0.1, 0.15) is 22.3 Å². The van der Waals surface area contributed by atoms with Crippen molar-refractivity contribution in [1.82, 2.24) is 0 Å². The van der Waals surface area contributed by atoms with Crippen molar-refractivity contribution in [1.29, 1.82) is 0 Å². The Morgan fingerprint density at radius 1 is 0.341 bits per heavy atom. The Morgan fingerprint density at radius 2 is 0.682 bits per heavy atom. The standard InChI is InChI=1S/C41H22O3/c42-41(31-19-21-35-39-27(13-5-15-29(31)39)25-11-1-7-23-9-3-17-33(43-35)37(23)25)32-20-22-36-40-28(14-6-16-30(32)40)26-12-2-8-24-10-4-18-34(44-36)38(24)26/h1-22H. The zero-order valence-corrected chi connectivity index (χ0v) is 23.4. The lowest BCUT2D eigenvalue weighted by Gasteiger charge is -2.11. The molecule has 10 aromatic rings. The third-order valence-corrected chi connectivity index (χ3v) is 9.25. The van der Waals surface area contributed by atoms with Gasteiger partial charge in [-0.25, -0.2) is 0 Å². The van der Waals surface area contributed by atoms with Gasteiger partial charge in [0.05, 0.1) is 0 Å². The molecule has 0 unspecified atom stereocenters. The van der Waals surface area contributed by atoms with E-state index in [1.807, 2.05) is 72.8 Å². The predicted molar refractivity (Wildman–Crippen MR) is 181 cm³/mol. The fourth-order valence-corrected chi connectivity index (χ4v) is 7.38. The lowest BCUT2D eigenvalue weighted by atomic mass is 9.91. The quantitative estimate of drug-likeness (QED) is 0.197. The summed E-state index contributed by atoms with van der Waals surface area (Å²) in [5.74, 6) is -0.0302. The molecule has 3 heteroatoms. The minimum Gasteiger partial charge on any atom is -0.456 e. The molecule has 0 spiro atoms. The van der Waals surface area contributed by atoms with E-state index in [1.165, 1.54) is 0 Å². The first-order valence-corrected chi connectivity index (χ1v) is 14.8. The summed E-state index contributed by atoms with van der Waals surface area (Å²) in [4.78, 5) is 14.6. The highest BCUT2D eigenvalue weighted by molar-refractivity contribution is 6.31. The highest BCUT2D eigenvalue weighted by Crippen LogP contribution is 2.40. The second kappa shape index (κ2) is 8.56. The molecule has 3 nitrogen and oxygen atoms in total. The third kappa shape index (κ3) is 3.08. The van der Waals surface area contributed by atoms with Crippen LogP contribution in [0.1, 0.15) is 15.9 Å². The van der Waals surface area contributed by atoms with Crippen LogP contribution in [-0.2, 0) is 0 Å². The Morgan fingerprint density at radius 3 is 1.14 bits per heavy atom. The highest BCUT2D eigenvalue weighted by Gasteiger charge is 2.21. The van der Waals surface area contributed by atoms with Gasteiger partial charge in [0, 0.05) is 32.7 Å². The summed E-state index contributed by atoms with van der Waals surface area (Å²) in [5, 5.41) is 12.4. The molecule has 2 heterocycles. The van der Waals surface area contributed by atoms with Crippen molar-refractivity contribution in [2.45, 2.75) is 0 Å². The second-order valence-corrected chi connectivity index (χ2v) is 11.5. The van der Waals surface area contributed by atoms with Crippen LogP contribution in [-0.4, -0.2) is 5.78 Å². The van der Waals surface area contributed by atoms with Crippen molar-refractivity contribution in [3.63, 3.8) is 0 Å². The van der Waals surface area contributed by atoms with Crippen molar-refractivity contribution in [2.24, 2.45) is 0 Å². The topological polar surface area (TPSA) is 43.4 Å². The van der Waals surface area contributed by atoms with Crippen LogP contribution in [0.25, 0.3) is 87.0 Å². The Labute approximate surface area is 250 Å². The predicted octanol–water partition coefficient (Wildman–Crippen LogP) is 11.3. The molecule has 0 fully saturated rings. The van der Waals surface area contributed by atoms with E-state index >= 15 is 0 Å². The molecular formula is C41H22O3. The summed E-state index contributed by atoms with van der Waals surface area (Å²) in [5.41, 5.74) is 4.45. The van der Waals surface area contributed by atoms with Crippen LogP contribution in [0.15, 0.2) is 142 Å². The monoisotopic (exact) mass is 562 g/mol. The largest absolute Gasteiger partial charge is 0.456 e. The summed E-state index contributed by atoms with van der Waals surface area (Å²) < 4.78 is 13.1. The number of fused-ring (bicyclic) bond motifs is 2. The molecule has 0 atom stereocenters. The normalized spacial score (nSPS) is 12.2. The Kier molecular flexibility index (Phi) is 4.59. The van der Waals surface area contributed by atoms with Crippen molar-refractivity contribution in [2.75, 3.05) is 0 Å². The van der Waals surface area contributed by atoms with Gasteiger partial charge >= 0.3 is 0 Å². The molecule has 0 aliphatic heterocycles. The van der Waals surface area contributed by atoms with Gasteiger partial charge in [-0.15, -0.1) is 0 Å². The lowest BCUT2D eigenvalue weighted by Crippen LogP contribution is -2.03. The second-order valence-electron chi connectivity index (χ2n) is 11.5. The molecule has 8 aromatic carbocycles. The van der Waals surface area contributed by atoms with Crippen LogP contribution in [0.4, 0.5) is 0 Å². The Balaban J connectivity index is 1.29. The number of rotatable bonds is 2. The van der Waals surface area contributed by atoms with E-state index in [1.54, 1.807) is 0 Å². The van der Waals surface area contributed by atoms with Crippen LogP contribution in [0.3, 0.4) is 0 Å². The number of ketones is 1. The molecule has 0 bridgehead atoms.